The number of hydrogen-bond donors (Lipinski definition) is 1. The number of Topliss-reactive ketones (excluding diaryl/α,β-unsaturated/α-hetero) is 1. The Balaban J connectivity index is 3.57. The number of aliphatic hydroxyl groups is 1. The van der Waals surface area contributed by atoms with E-state index in [-0.39, 0.29) is 12.3 Å². The van der Waals surface area contributed by atoms with Crippen molar-refractivity contribution in [3.8, 4) is 0 Å². The fraction of sp³-hybridized carbons (Fsp3) is 0.857. The van der Waals surface area contributed by atoms with Gasteiger partial charge in [-0.05, 0) is 5.92 Å². The van der Waals surface area contributed by atoms with Gasteiger partial charge < -0.3 is 5.11 Å². The molecule has 0 rings (SSSR count). The molecule has 10 heavy (non-hydrogen) atoms. The van der Waals surface area contributed by atoms with Crippen LogP contribution in [0.1, 0.15) is 20.3 Å². The average molecular weight is 148 g/mol. The van der Waals surface area contributed by atoms with Crippen molar-refractivity contribution < 1.29 is 14.3 Å². The predicted molar refractivity (Wildman–Crippen MR) is 36.4 cm³/mol. The summed E-state index contributed by atoms with van der Waals surface area (Å²) < 4.78 is 11.5. The van der Waals surface area contributed by atoms with E-state index in [9.17, 15) is 9.18 Å². The molecule has 2 nitrogen and oxygen atoms in total. The van der Waals surface area contributed by atoms with Gasteiger partial charge in [-0.1, -0.05) is 13.8 Å². The molecule has 0 bridgehead atoms. The number of aliphatic hydroxyl groups excluding tert-OH is 1. The molecule has 60 valence electrons. The Morgan fingerprint density at radius 2 is 2.10 bits per heavy atom. The Hall–Kier alpha value is -0.440. The Morgan fingerprint density at radius 1 is 1.60 bits per heavy atom. The molecular formula is C7H13FO2. The lowest BCUT2D eigenvalue weighted by atomic mass is 10.0. The quantitative estimate of drug-likeness (QED) is 0.644. The molecular weight excluding hydrogens is 135 g/mol. The summed E-state index contributed by atoms with van der Waals surface area (Å²) in [6, 6.07) is 0. The van der Waals surface area contributed by atoms with Gasteiger partial charge in [0.05, 0.1) is 6.10 Å². The summed E-state index contributed by atoms with van der Waals surface area (Å²) in [5, 5.41) is 9.04. The third-order valence-corrected chi connectivity index (χ3v) is 1.36. The van der Waals surface area contributed by atoms with Crippen molar-refractivity contribution in [1.29, 1.82) is 0 Å². The van der Waals surface area contributed by atoms with Gasteiger partial charge in [0, 0.05) is 6.42 Å². The third kappa shape index (κ3) is 3.56. The van der Waals surface area contributed by atoms with Crippen LogP contribution in [0, 0.1) is 5.92 Å². The van der Waals surface area contributed by atoms with Crippen molar-refractivity contribution >= 4 is 5.78 Å². The van der Waals surface area contributed by atoms with Crippen LogP contribution in [-0.4, -0.2) is 23.7 Å². The van der Waals surface area contributed by atoms with E-state index >= 15 is 0 Å². The molecule has 0 radical (unpaired) electrons. The first-order valence-corrected chi connectivity index (χ1v) is 3.33. The van der Waals surface area contributed by atoms with Crippen LogP contribution in [0.3, 0.4) is 0 Å². The lowest BCUT2D eigenvalue weighted by Gasteiger charge is -2.11. The van der Waals surface area contributed by atoms with Gasteiger partial charge in [-0.2, -0.15) is 0 Å². The molecule has 3 heteroatoms. The highest BCUT2D eigenvalue weighted by Crippen LogP contribution is 2.05. The van der Waals surface area contributed by atoms with Crippen LogP contribution in [0.4, 0.5) is 4.39 Å². The van der Waals surface area contributed by atoms with Gasteiger partial charge >= 0.3 is 0 Å². The maximum Gasteiger partial charge on any atom is 0.166 e. The summed E-state index contributed by atoms with van der Waals surface area (Å²) >= 11 is 0. The third-order valence-electron chi connectivity index (χ3n) is 1.36. The molecule has 0 fully saturated rings. The fourth-order valence-corrected chi connectivity index (χ4v) is 0.524. The minimum atomic E-state index is -0.968. The molecule has 0 aromatic rings. The summed E-state index contributed by atoms with van der Waals surface area (Å²) in [5.41, 5.74) is 0. The summed E-state index contributed by atoms with van der Waals surface area (Å²) in [4.78, 5) is 10.4. The monoisotopic (exact) mass is 148 g/mol. The van der Waals surface area contributed by atoms with Gasteiger partial charge in [0.25, 0.3) is 0 Å². The zero-order chi connectivity index (χ0) is 8.15. The van der Waals surface area contributed by atoms with Crippen LogP contribution in [0.5, 0.6) is 0 Å². The first-order valence-electron chi connectivity index (χ1n) is 3.33. The summed E-state index contributed by atoms with van der Waals surface area (Å²) in [5.74, 6) is -0.503. The molecule has 0 aromatic heterocycles. The van der Waals surface area contributed by atoms with Gasteiger partial charge in [-0.15, -0.1) is 0 Å². The molecule has 1 N–H and O–H groups in total. The lowest BCUT2D eigenvalue weighted by molar-refractivity contribution is -0.122. The largest absolute Gasteiger partial charge is 0.392 e. The molecule has 0 aromatic carbocycles. The topological polar surface area (TPSA) is 37.3 Å². The molecule has 1 atom stereocenters. The Labute approximate surface area is 60.1 Å². The van der Waals surface area contributed by atoms with E-state index in [1.807, 2.05) is 0 Å². The van der Waals surface area contributed by atoms with Crippen molar-refractivity contribution in [2.45, 2.75) is 26.4 Å². The Bertz CT molecular complexity index is 112. The van der Waals surface area contributed by atoms with Crippen molar-refractivity contribution in [2.24, 2.45) is 5.92 Å². The number of hydrogen-bond acceptors (Lipinski definition) is 2. The highest BCUT2D eigenvalue weighted by Gasteiger charge is 2.13. The number of carbonyl (C=O) groups excluding carboxylic acids is 1. The van der Waals surface area contributed by atoms with Crippen LogP contribution in [0.15, 0.2) is 0 Å². The van der Waals surface area contributed by atoms with Crippen molar-refractivity contribution in [2.75, 3.05) is 6.67 Å². The van der Waals surface area contributed by atoms with Crippen molar-refractivity contribution in [3.63, 3.8) is 0 Å². The van der Waals surface area contributed by atoms with E-state index in [2.05, 4.69) is 0 Å². The highest BCUT2D eigenvalue weighted by atomic mass is 19.1. The number of rotatable bonds is 4. The molecule has 0 saturated heterocycles. The zero-order valence-corrected chi connectivity index (χ0v) is 6.30. The molecule has 0 aliphatic heterocycles. The first-order chi connectivity index (χ1) is 4.57. The predicted octanol–water partition coefficient (Wildman–Crippen LogP) is 0.932. The van der Waals surface area contributed by atoms with E-state index in [0.717, 1.165) is 0 Å². The van der Waals surface area contributed by atoms with Crippen LogP contribution >= 0.6 is 0 Å². The number of ketones is 1. The summed E-state index contributed by atoms with van der Waals surface area (Å²) in [7, 11) is 0. The minimum absolute atomic E-state index is 0.0236. The summed E-state index contributed by atoms with van der Waals surface area (Å²) in [6.07, 6.45) is -0.753. The van der Waals surface area contributed by atoms with E-state index in [1.54, 1.807) is 13.8 Å². The van der Waals surface area contributed by atoms with E-state index < -0.39 is 18.6 Å². The summed E-state index contributed by atoms with van der Waals surface area (Å²) in [6.45, 7) is 2.61. The molecule has 0 heterocycles. The number of halogens is 1. The normalized spacial score (nSPS) is 13.7. The first kappa shape index (κ1) is 9.56. The second kappa shape index (κ2) is 4.39. The van der Waals surface area contributed by atoms with Crippen molar-refractivity contribution in [1.82, 2.24) is 0 Å². The zero-order valence-electron chi connectivity index (χ0n) is 6.30. The molecule has 0 spiro atoms. The smallest absolute Gasteiger partial charge is 0.166 e. The van der Waals surface area contributed by atoms with Gasteiger partial charge in [0.2, 0.25) is 0 Å². The van der Waals surface area contributed by atoms with Gasteiger partial charge in [-0.25, -0.2) is 4.39 Å². The molecule has 0 aliphatic carbocycles. The van der Waals surface area contributed by atoms with Crippen LogP contribution in [0.25, 0.3) is 0 Å². The van der Waals surface area contributed by atoms with E-state index in [1.165, 1.54) is 0 Å². The molecule has 0 unspecified atom stereocenters. The second-order valence-corrected chi connectivity index (χ2v) is 2.69. The van der Waals surface area contributed by atoms with E-state index in [0.29, 0.717) is 0 Å². The Kier molecular flexibility index (Phi) is 4.19. The molecule has 0 aliphatic rings. The maximum atomic E-state index is 11.5. The van der Waals surface area contributed by atoms with Crippen LogP contribution in [0.2, 0.25) is 0 Å². The van der Waals surface area contributed by atoms with Gasteiger partial charge in [-0.3, -0.25) is 4.79 Å². The maximum absolute atomic E-state index is 11.5. The minimum Gasteiger partial charge on any atom is -0.392 e. The standard InChI is InChI=1S/C7H13FO2/c1-5(2)7(10)3-6(9)4-8/h5,7,10H,3-4H2,1-2H3/t7-/m0/s1. The lowest BCUT2D eigenvalue weighted by Crippen LogP contribution is -2.19. The number of carbonyl (C=O) groups is 1. The van der Waals surface area contributed by atoms with Gasteiger partial charge in [0.1, 0.15) is 6.67 Å². The average Bonchev–Trinajstić information content (AvgIpc) is 1.87. The SMILES string of the molecule is CC(C)[C@@H](O)CC(=O)CF. The van der Waals surface area contributed by atoms with Crippen molar-refractivity contribution in [3.05, 3.63) is 0 Å². The number of alkyl halides is 1. The van der Waals surface area contributed by atoms with Crippen LogP contribution in [-0.2, 0) is 4.79 Å². The highest BCUT2D eigenvalue weighted by molar-refractivity contribution is 5.79. The molecule has 0 saturated carbocycles. The van der Waals surface area contributed by atoms with Gasteiger partial charge in [0.15, 0.2) is 5.78 Å². The fourth-order valence-electron chi connectivity index (χ4n) is 0.524. The van der Waals surface area contributed by atoms with E-state index in [4.69, 9.17) is 5.11 Å². The Morgan fingerprint density at radius 3 is 2.40 bits per heavy atom. The van der Waals surface area contributed by atoms with Crippen LogP contribution < -0.4 is 0 Å². The second-order valence-electron chi connectivity index (χ2n) is 2.69. The molecule has 0 amide bonds.